The second kappa shape index (κ2) is 7.18. The molecule has 122 valence electrons. The van der Waals surface area contributed by atoms with Crippen molar-refractivity contribution < 1.29 is 14.3 Å². The lowest BCUT2D eigenvalue weighted by Gasteiger charge is -2.06. The molecular formula is C17H15N3O3S. The van der Waals surface area contributed by atoms with Crippen molar-refractivity contribution in [3.8, 4) is 17.2 Å². The summed E-state index contributed by atoms with van der Waals surface area (Å²) < 4.78 is 5.53. The molecule has 1 aromatic heterocycles. The van der Waals surface area contributed by atoms with Gasteiger partial charge in [0, 0.05) is 11.3 Å². The number of nitrogens with one attached hydrogen (secondary N) is 1. The molecule has 24 heavy (non-hydrogen) atoms. The number of hydrogen-bond acceptors (Lipinski definition) is 6. The van der Waals surface area contributed by atoms with Crippen molar-refractivity contribution in [2.45, 2.75) is 12.1 Å². The van der Waals surface area contributed by atoms with Crippen LogP contribution in [0.1, 0.15) is 5.56 Å². The molecule has 0 unspecified atom stereocenters. The number of nitrogens with zero attached hydrogens (tertiary/aromatic N) is 2. The van der Waals surface area contributed by atoms with Crippen molar-refractivity contribution in [2.75, 3.05) is 11.1 Å². The van der Waals surface area contributed by atoms with E-state index in [4.69, 9.17) is 4.42 Å². The predicted octanol–water partition coefficient (Wildman–Crippen LogP) is 3.48. The Morgan fingerprint density at radius 3 is 2.75 bits per heavy atom. The zero-order valence-electron chi connectivity index (χ0n) is 12.9. The Labute approximate surface area is 142 Å². The summed E-state index contributed by atoms with van der Waals surface area (Å²) in [5.41, 5.74) is 2.16. The van der Waals surface area contributed by atoms with Crippen molar-refractivity contribution in [3.63, 3.8) is 0 Å². The van der Waals surface area contributed by atoms with Crippen LogP contribution >= 0.6 is 11.8 Å². The van der Waals surface area contributed by atoms with Gasteiger partial charge in [0.1, 0.15) is 5.75 Å². The number of carbonyl (C=O) groups is 1. The van der Waals surface area contributed by atoms with E-state index in [2.05, 4.69) is 15.5 Å². The highest BCUT2D eigenvalue weighted by Crippen LogP contribution is 2.24. The molecule has 0 saturated heterocycles. The zero-order chi connectivity index (χ0) is 16.9. The predicted molar refractivity (Wildman–Crippen MR) is 91.9 cm³/mol. The third-order valence-corrected chi connectivity index (χ3v) is 4.05. The fraction of sp³-hybridized carbons (Fsp3) is 0.118. The van der Waals surface area contributed by atoms with Crippen molar-refractivity contribution >= 4 is 23.4 Å². The van der Waals surface area contributed by atoms with Crippen LogP contribution in [0.4, 0.5) is 5.69 Å². The van der Waals surface area contributed by atoms with Crippen LogP contribution in [-0.4, -0.2) is 27.0 Å². The number of amides is 1. The van der Waals surface area contributed by atoms with Gasteiger partial charge in [-0.3, -0.25) is 4.79 Å². The number of hydrogen-bond donors (Lipinski definition) is 2. The van der Waals surface area contributed by atoms with Gasteiger partial charge in [-0.05, 0) is 42.8 Å². The Morgan fingerprint density at radius 2 is 2.00 bits per heavy atom. The third-order valence-electron chi connectivity index (χ3n) is 3.23. The average Bonchev–Trinajstić information content (AvgIpc) is 3.06. The van der Waals surface area contributed by atoms with Gasteiger partial charge in [0.05, 0.1) is 5.75 Å². The number of benzene rings is 2. The number of anilines is 1. The number of phenols is 1. The van der Waals surface area contributed by atoms with Gasteiger partial charge >= 0.3 is 0 Å². The molecule has 1 amide bonds. The van der Waals surface area contributed by atoms with E-state index in [-0.39, 0.29) is 17.4 Å². The fourth-order valence-corrected chi connectivity index (χ4v) is 2.59. The lowest BCUT2D eigenvalue weighted by Crippen LogP contribution is -2.14. The first-order valence-electron chi connectivity index (χ1n) is 7.23. The van der Waals surface area contributed by atoms with E-state index in [0.717, 1.165) is 5.56 Å². The fourth-order valence-electron chi connectivity index (χ4n) is 2.02. The standard InChI is InChI=1S/C17H15N3O3S/c1-11-9-13(7-8-14(11)21)18-15(22)10-24-17-20-19-16(23-17)12-5-3-2-4-6-12/h2-9,21H,10H2,1H3,(H,18,22). The smallest absolute Gasteiger partial charge is 0.277 e. The van der Waals surface area contributed by atoms with Crippen molar-refractivity contribution in [1.29, 1.82) is 0 Å². The van der Waals surface area contributed by atoms with Crippen LogP contribution in [-0.2, 0) is 4.79 Å². The second-order valence-corrected chi connectivity index (χ2v) is 6.00. The summed E-state index contributed by atoms with van der Waals surface area (Å²) in [5, 5.41) is 20.5. The lowest BCUT2D eigenvalue weighted by molar-refractivity contribution is -0.113. The first kappa shape index (κ1) is 16.1. The molecule has 2 N–H and O–H groups in total. The van der Waals surface area contributed by atoms with E-state index in [9.17, 15) is 9.90 Å². The quantitative estimate of drug-likeness (QED) is 0.545. The number of carbonyl (C=O) groups excluding carboxylic acids is 1. The molecule has 3 aromatic rings. The first-order valence-corrected chi connectivity index (χ1v) is 8.21. The molecule has 0 aliphatic rings. The Kier molecular flexibility index (Phi) is 4.81. The van der Waals surface area contributed by atoms with E-state index in [1.165, 1.54) is 11.8 Å². The first-order chi connectivity index (χ1) is 11.6. The van der Waals surface area contributed by atoms with Crippen LogP contribution in [0.15, 0.2) is 58.2 Å². The Morgan fingerprint density at radius 1 is 1.21 bits per heavy atom. The maximum Gasteiger partial charge on any atom is 0.277 e. The van der Waals surface area contributed by atoms with Crippen LogP contribution in [0.5, 0.6) is 5.75 Å². The van der Waals surface area contributed by atoms with Crippen molar-refractivity contribution in [3.05, 3.63) is 54.1 Å². The zero-order valence-corrected chi connectivity index (χ0v) is 13.7. The van der Waals surface area contributed by atoms with E-state index in [1.54, 1.807) is 25.1 Å². The van der Waals surface area contributed by atoms with Gasteiger partial charge < -0.3 is 14.8 Å². The maximum absolute atomic E-state index is 12.0. The summed E-state index contributed by atoms with van der Waals surface area (Å²) in [6.45, 7) is 1.77. The maximum atomic E-state index is 12.0. The van der Waals surface area contributed by atoms with Crippen molar-refractivity contribution in [2.24, 2.45) is 0 Å². The van der Waals surface area contributed by atoms with Crippen molar-refractivity contribution in [1.82, 2.24) is 10.2 Å². The molecule has 7 heteroatoms. The van der Waals surface area contributed by atoms with Gasteiger partial charge in [-0.2, -0.15) is 0 Å². The van der Waals surface area contributed by atoms with Crippen LogP contribution in [0.3, 0.4) is 0 Å². The summed E-state index contributed by atoms with van der Waals surface area (Å²) in [4.78, 5) is 12.0. The van der Waals surface area contributed by atoms with Gasteiger partial charge in [0.2, 0.25) is 11.8 Å². The molecule has 0 radical (unpaired) electrons. The highest BCUT2D eigenvalue weighted by atomic mass is 32.2. The molecule has 0 aliphatic carbocycles. The molecule has 3 rings (SSSR count). The molecule has 1 heterocycles. The number of aromatic hydroxyl groups is 1. The lowest BCUT2D eigenvalue weighted by atomic mass is 10.2. The number of aromatic nitrogens is 2. The molecule has 0 bridgehead atoms. The highest BCUT2D eigenvalue weighted by Gasteiger charge is 2.11. The highest BCUT2D eigenvalue weighted by molar-refractivity contribution is 7.99. The average molecular weight is 341 g/mol. The summed E-state index contributed by atoms with van der Waals surface area (Å²) >= 11 is 1.17. The SMILES string of the molecule is Cc1cc(NC(=O)CSc2nnc(-c3ccccc3)o2)ccc1O. The molecule has 0 atom stereocenters. The van der Waals surface area contributed by atoms with Crippen LogP contribution in [0.2, 0.25) is 0 Å². The number of aryl methyl sites for hydroxylation is 1. The van der Waals surface area contributed by atoms with E-state index in [0.29, 0.717) is 22.4 Å². The molecular weight excluding hydrogens is 326 g/mol. The van der Waals surface area contributed by atoms with Crippen LogP contribution < -0.4 is 5.32 Å². The van der Waals surface area contributed by atoms with Gasteiger partial charge in [0.25, 0.3) is 5.22 Å². The molecule has 2 aromatic carbocycles. The minimum atomic E-state index is -0.190. The van der Waals surface area contributed by atoms with Gasteiger partial charge in [-0.1, -0.05) is 30.0 Å². The number of thioether (sulfide) groups is 1. The summed E-state index contributed by atoms with van der Waals surface area (Å²) in [6, 6.07) is 14.3. The monoisotopic (exact) mass is 341 g/mol. The van der Waals surface area contributed by atoms with Gasteiger partial charge in [0.15, 0.2) is 0 Å². The second-order valence-electron chi connectivity index (χ2n) is 5.08. The minimum absolute atomic E-state index is 0.149. The number of rotatable bonds is 5. The third kappa shape index (κ3) is 3.94. The Balaban J connectivity index is 1.56. The topological polar surface area (TPSA) is 88.3 Å². The van der Waals surface area contributed by atoms with Crippen LogP contribution in [0.25, 0.3) is 11.5 Å². The Hall–Kier alpha value is -2.80. The molecule has 0 aliphatic heterocycles. The molecule has 0 spiro atoms. The summed E-state index contributed by atoms with van der Waals surface area (Å²) in [6.07, 6.45) is 0. The van der Waals surface area contributed by atoms with E-state index >= 15 is 0 Å². The summed E-state index contributed by atoms with van der Waals surface area (Å²) in [5.74, 6) is 0.579. The normalized spacial score (nSPS) is 10.5. The van der Waals surface area contributed by atoms with Gasteiger partial charge in [-0.15, -0.1) is 10.2 Å². The molecule has 0 saturated carbocycles. The largest absolute Gasteiger partial charge is 0.508 e. The van der Waals surface area contributed by atoms with Gasteiger partial charge in [-0.25, -0.2) is 0 Å². The minimum Gasteiger partial charge on any atom is -0.508 e. The van der Waals surface area contributed by atoms with E-state index in [1.807, 2.05) is 30.3 Å². The van der Waals surface area contributed by atoms with E-state index < -0.39 is 0 Å². The number of phenolic OH excluding ortho intramolecular Hbond substituents is 1. The molecule has 0 fully saturated rings. The summed E-state index contributed by atoms with van der Waals surface area (Å²) in [7, 11) is 0. The molecule has 6 nitrogen and oxygen atoms in total. The Bertz CT molecular complexity index is 849. The van der Waals surface area contributed by atoms with Crippen LogP contribution in [0, 0.1) is 6.92 Å².